The van der Waals surface area contributed by atoms with Gasteiger partial charge < -0.3 is 5.73 Å². The summed E-state index contributed by atoms with van der Waals surface area (Å²) in [5.74, 6) is -0.435. The quantitative estimate of drug-likeness (QED) is 0.455. The summed E-state index contributed by atoms with van der Waals surface area (Å²) in [6.07, 6.45) is 3.21. The second-order valence-corrected chi connectivity index (χ2v) is 7.75. The number of unbranched alkanes of at least 4 members (excludes halogenated alkanes) is 1. The zero-order valence-electron chi connectivity index (χ0n) is 18.3. The molecule has 168 valence electrons. The zero-order chi connectivity index (χ0) is 23.4. The van der Waals surface area contributed by atoms with Gasteiger partial charge in [-0.25, -0.2) is 4.79 Å². The first-order valence-corrected chi connectivity index (χ1v) is 10.8. The summed E-state index contributed by atoms with van der Waals surface area (Å²) in [4.78, 5) is 47.3. The van der Waals surface area contributed by atoms with Crippen LogP contribution in [0.4, 0.5) is 11.5 Å². The van der Waals surface area contributed by atoms with Gasteiger partial charge in [0.2, 0.25) is 0 Å². The minimum atomic E-state index is -0.701. The average Bonchev–Trinajstić information content (AvgIpc) is 2.83. The fourth-order valence-electron chi connectivity index (χ4n) is 3.83. The van der Waals surface area contributed by atoms with E-state index in [2.05, 4.69) is 9.97 Å². The van der Waals surface area contributed by atoms with Gasteiger partial charge in [0.05, 0.1) is 12.1 Å². The molecule has 0 radical (unpaired) electrons. The van der Waals surface area contributed by atoms with Gasteiger partial charge in [0.25, 0.3) is 11.5 Å². The van der Waals surface area contributed by atoms with Crippen LogP contribution in [-0.2, 0) is 13.1 Å². The standard InChI is InChI=1S/C25H25N5O3/c1-2-3-15-29-22(26)21(23(31)28-25(29)33)30(16-17-9-5-4-6-10-17)24(32)19-11-7-13-20-18(19)12-8-14-27-20/h4-14H,2-3,15-16,26H2,1H3,(H,28,31,33). The maximum absolute atomic E-state index is 13.9. The fourth-order valence-corrected chi connectivity index (χ4v) is 3.83. The molecule has 4 aromatic rings. The lowest BCUT2D eigenvalue weighted by Gasteiger charge is -2.25. The van der Waals surface area contributed by atoms with Crippen molar-refractivity contribution in [1.82, 2.24) is 14.5 Å². The number of carbonyl (C=O) groups is 1. The molecule has 0 bridgehead atoms. The third-order valence-corrected chi connectivity index (χ3v) is 5.52. The predicted molar refractivity (Wildman–Crippen MR) is 129 cm³/mol. The number of nitrogens with two attached hydrogens (primary N) is 1. The number of H-pyrrole nitrogens is 1. The maximum atomic E-state index is 13.9. The summed E-state index contributed by atoms with van der Waals surface area (Å²) in [5.41, 5.74) is 6.89. The van der Waals surface area contributed by atoms with Gasteiger partial charge in [-0.2, -0.15) is 0 Å². The lowest BCUT2D eigenvalue weighted by atomic mass is 10.1. The van der Waals surface area contributed by atoms with Crippen molar-refractivity contribution < 1.29 is 4.79 Å². The van der Waals surface area contributed by atoms with Gasteiger partial charge in [-0.05, 0) is 30.2 Å². The lowest BCUT2D eigenvalue weighted by molar-refractivity contribution is 0.0986. The molecule has 4 rings (SSSR count). The third-order valence-electron chi connectivity index (χ3n) is 5.52. The van der Waals surface area contributed by atoms with Crippen molar-refractivity contribution in [3.8, 4) is 0 Å². The second-order valence-electron chi connectivity index (χ2n) is 7.75. The van der Waals surface area contributed by atoms with Crippen LogP contribution in [0.3, 0.4) is 0 Å². The topological polar surface area (TPSA) is 114 Å². The van der Waals surface area contributed by atoms with Crippen LogP contribution in [0.15, 0.2) is 76.4 Å². The summed E-state index contributed by atoms with van der Waals surface area (Å²) in [5, 5.41) is 0.664. The molecule has 1 amide bonds. The number of anilines is 2. The molecule has 0 unspecified atom stereocenters. The minimum Gasteiger partial charge on any atom is -0.383 e. The zero-order valence-corrected chi connectivity index (χ0v) is 18.3. The Kier molecular flexibility index (Phi) is 6.35. The third kappa shape index (κ3) is 4.41. The molecular formula is C25H25N5O3. The Morgan fingerprint density at radius 3 is 2.61 bits per heavy atom. The molecule has 0 aliphatic heterocycles. The van der Waals surface area contributed by atoms with E-state index in [0.29, 0.717) is 29.4 Å². The van der Waals surface area contributed by atoms with Crippen LogP contribution < -0.4 is 21.9 Å². The number of carbonyl (C=O) groups excluding carboxylic acids is 1. The number of benzene rings is 2. The number of fused-ring (bicyclic) bond motifs is 1. The first-order chi connectivity index (χ1) is 16.0. The van der Waals surface area contributed by atoms with Crippen LogP contribution in [0.25, 0.3) is 10.9 Å². The molecule has 0 fully saturated rings. The highest BCUT2D eigenvalue weighted by atomic mass is 16.2. The molecule has 2 aromatic heterocycles. The van der Waals surface area contributed by atoms with Crippen LogP contribution >= 0.6 is 0 Å². The SMILES string of the molecule is CCCCn1c(N)c(N(Cc2ccccc2)C(=O)c2cccc3ncccc23)c(=O)[nH]c1=O. The highest BCUT2D eigenvalue weighted by Gasteiger charge is 2.26. The largest absolute Gasteiger partial charge is 0.383 e. The van der Waals surface area contributed by atoms with Crippen molar-refractivity contribution in [3.63, 3.8) is 0 Å². The van der Waals surface area contributed by atoms with Crippen molar-refractivity contribution >= 4 is 28.3 Å². The van der Waals surface area contributed by atoms with Gasteiger partial charge in [-0.1, -0.05) is 55.8 Å². The van der Waals surface area contributed by atoms with Crippen molar-refractivity contribution in [1.29, 1.82) is 0 Å². The van der Waals surface area contributed by atoms with E-state index in [4.69, 9.17) is 5.73 Å². The Morgan fingerprint density at radius 1 is 1.06 bits per heavy atom. The Bertz CT molecular complexity index is 1400. The molecule has 0 aliphatic rings. The van der Waals surface area contributed by atoms with E-state index in [1.165, 1.54) is 9.47 Å². The fraction of sp³-hybridized carbons (Fsp3) is 0.200. The van der Waals surface area contributed by atoms with E-state index in [0.717, 1.165) is 12.0 Å². The minimum absolute atomic E-state index is 0.0279. The van der Waals surface area contributed by atoms with Crippen molar-refractivity contribution in [3.05, 3.63) is 98.8 Å². The van der Waals surface area contributed by atoms with Crippen molar-refractivity contribution in [2.75, 3.05) is 10.6 Å². The van der Waals surface area contributed by atoms with E-state index in [-0.39, 0.29) is 18.1 Å². The number of aromatic nitrogens is 3. The number of nitrogens with zero attached hydrogens (tertiary/aromatic N) is 3. The normalized spacial score (nSPS) is 10.9. The molecule has 2 heterocycles. The molecular weight excluding hydrogens is 418 g/mol. The number of amides is 1. The van der Waals surface area contributed by atoms with Crippen LogP contribution in [0.2, 0.25) is 0 Å². The predicted octanol–water partition coefficient (Wildman–Crippen LogP) is 3.31. The number of pyridine rings is 1. The Hall–Kier alpha value is -4.20. The molecule has 0 saturated heterocycles. The van der Waals surface area contributed by atoms with Crippen LogP contribution in [0.5, 0.6) is 0 Å². The Labute approximate surface area is 190 Å². The van der Waals surface area contributed by atoms with E-state index < -0.39 is 17.2 Å². The molecule has 2 aromatic carbocycles. The van der Waals surface area contributed by atoms with Gasteiger partial charge in [0.1, 0.15) is 5.82 Å². The monoisotopic (exact) mass is 443 g/mol. The second kappa shape index (κ2) is 9.52. The summed E-state index contributed by atoms with van der Waals surface area (Å²) in [7, 11) is 0. The molecule has 0 atom stereocenters. The van der Waals surface area contributed by atoms with Crippen LogP contribution in [0.1, 0.15) is 35.7 Å². The van der Waals surface area contributed by atoms with Gasteiger partial charge in [-0.3, -0.25) is 29.0 Å². The van der Waals surface area contributed by atoms with Crippen LogP contribution in [0, 0.1) is 0 Å². The summed E-state index contributed by atoms with van der Waals surface area (Å²) in [6, 6.07) is 18.1. The Morgan fingerprint density at radius 2 is 1.85 bits per heavy atom. The van der Waals surface area contributed by atoms with E-state index in [1.54, 1.807) is 24.4 Å². The number of rotatable bonds is 7. The van der Waals surface area contributed by atoms with Gasteiger partial charge in [0.15, 0.2) is 5.69 Å². The van der Waals surface area contributed by atoms with Crippen molar-refractivity contribution in [2.24, 2.45) is 0 Å². The highest BCUT2D eigenvalue weighted by molar-refractivity contribution is 6.14. The molecule has 8 nitrogen and oxygen atoms in total. The van der Waals surface area contributed by atoms with E-state index in [1.807, 2.05) is 49.4 Å². The smallest absolute Gasteiger partial charge is 0.330 e. The first kappa shape index (κ1) is 22.0. The molecule has 0 spiro atoms. The number of nitrogens with one attached hydrogen (secondary N) is 1. The van der Waals surface area contributed by atoms with Gasteiger partial charge >= 0.3 is 5.69 Å². The average molecular weight is 444 g/mol. The summed E-state index contributed by atoms with van der Waals surface area (Å²) >= 11 is 0. The molecule has 0 aliphatic carbocycles. The van der Waals surface area contributed by atoms with E-state index in [9.17, 15) is 14.4 Å². The van der Waals surface area contributed by atoms with Crippen LogP contribution in [-0.4, -0.2) is 20.4 Å². The number of hydrogen-bond acceptors (Lipinski definition) is 5. The molecule has 3 N–H and O–H groups in total. The first-order valence-electron chi connectivity index (χ1n) is 10.8. The molecule has 0 saturated carbocycles. The lowest BCUT2D eigenvalue weighted by Crippen LogP contribution is -2.41. The molecule has 8 heteroatoms. The van der Waals surface area contributed by atoms with Crippen molar-refractivity contribution in [2.45, 2.75) is 32.9 Å². The summed E-state index contributed by atoms with van der Waals surface area (Å²) in [6.45, 7) is 2.44. The highest BCUT2D eigenvalue weighted by Crippen LogP contribution is 2.25. The number of hydrogen-bond donors (Lipinski definition) is 2. The Balaban J connectivity index is 1.90. The van der Waals surface area contributed by atoms with E-state index >= 15 is 0 Å². The number of aromatic amines is 1. The maximum Gasteiger partial charge on any atom is 0.330 e. The van der Waals surface area contributed by atoms with Gasteiger partial charge in [0, 0.05) is 23.7 Å². The van der Waals surface area contributed by atoms with Gasteiger partial charge in [-0.15, -0.1) is 0 Å². The summed E-state index contributed by atoms with van der Waals surface area (Å²) < 4.78 is 1.32. The number of nitrogen functional groups attached to an aromatic ring is 1. The molecule has 33 heavy (non-hydrogen) atoms.